The number of nitrogens with zero attached hydrogens (tertiary/aromatic N) is 1. The van der Waals surface area contributed by atoms with E-state index in [1.165, 1.54) is 43.4 Å². The van der Waals surface area contributed by atoms with Crippen LogP contribution in [0.25, 0.3) is 5.57 Å². The summed E-state index contributed by atoms with van der Waals surface area (Å²) in [5.41, 5.74) is 1.34. The number of methoxy groups -OCH3 is 2. The highest BCUT2D eigenvalue weighted by Crippen LogP contribution is 2.33. The summed E-state index contributed by atoms with van der Waals surface area (Å²) in [5, 5.41) is 3.05. The molecule has 0 bridgehead atoms. The summed E-state index contributed by atoms with van der Waals surface area (Å²) < 4.78 is 23.9. The fourth-order valence-corrected chi connectivity index (χ4v) is 3.13. The molecule has 0 saturated heterocycles. The SMILES string of the molecule is COc1cc(NC2=C(c3ccc(F)cc3)C(=O)N(CC(C)C)C2=O)cc(OC)c1. The van der Waals surface area contributed by atoms with Crippen molar-refractivity contribution in [3.8, 4) is 11.5 Å². The minimum atomic E-state index is -0.426. The van der Waals surface area contributed by atoms with E-state index < -0.39 is 17.6 Å². The summed E-state index contributed by atoms with van der Waals surface area (Å²) in [6, 6.07) is 10.6. The van der Waals surface area contributed by atoms with Gasteiger partial charge in [-0.1, -0.05) is 26.0 Å². The van der Waals surface area contributed by atoms with E-state index in [9.17, 15) is 14.0 Å². The Kier molecular flexibility index (Phi) is 5.87. The quantitative estimate of drug-likeness (QED) is 0.721. The van der Waals surface area contributed by atoms with Crippen molar-refractivity contribution in [3.05, 3.63) is 59.5 Å². The largest absolute Gasteiger partial charge is 0.497 e. The third kappa shape index (κ3) is 4.23. The van der Waals surface area contributed by atoms with E-state index in [4.69, 9.17) is 9.47 Å². The summed E-state index contributed by atoms with van der Waals surface area (Å²) in [6.07, 6.45) is 0. The average Bonchev–Trinajstić information content (AvgIpc) is 2.92. The highest BCUT2D eigenvalue weighted by Gasteiger charge is 2.39. The molecule has 0 fully saturated rings. The summed E-state index contributed by atoms with van der Waals surface area (Å²) in [6.45, 7) is 4.14. The Labute approximate surface area is 168 Å². The second kappa shape index (κ2) is 8.34. The van der Waals surface area contributed by atoms with Crippen molar-refractivity contribution in [3.63, 3.8) is 0 Å². The molecule has 0 aromatic heterocycles. The first-order chi connectivity index (χ1) is 13.8. The molecule has 7 heteroatoms. The van der Waals surface area contributed by atoms with Crippen LogP contribution >= 0.6 is 0 Å². The third-order valence-electron chi connectivity index (χ3n) is 4.47. The summed E-state index contributed by atoms with van der Waals surface area (Å²) in [7, 11) is 3.05. The number of anilines is 1. The highest BCUT2D eigenvalue weighted by atomic mass is 19.1. The Bertz CT molecular complexity index is 945. The first-order valence-electron chi connectivity index (χ1n) is 9.20. The fourth-order valence-electron chi connectivity index (χ4n) is 3.13. The molecule has 0 radical (unpaired) electrons. The molecule has 2 aromatic rings. The number of halogens is 1. The number of benzene rings is 2. The normalized spacial score (nSPS) is 14.1. The van der Waals surface area contributed by atoms with Gasteiger partial charge in [0.1, 0.15) is 23.0 Å². The van der Waals surface area contributed by atoms with Gasteiger partial charge in [0.15, 0.2) is 0 Å². The molecule has 0 saturated carbocycles. The molecule has 2 aromatic carbocycles. The van der Waals surface area contributed by atoms with Gasteiger partial charge >= 0.3 is 0 Å². The molecule has 1 aliphatic heterocycles. The topological polar surface area (TPSA) is 67.9 Å². The first kappa shape index (κ1) is 20.4. The van der Waals surface area contributed by atoms with Gasteiger partial charge in [-0.25, -0.2) is 4.39 Å². The van der Waals surface area contributed by atoms with Crippen molar-refractivity contribution in [2.75, 3.05) is 26.1 Å². The molecule has 0 unspecified atom stereocenters. The molecule has 1 heterocycles. The van der Waals surface area contributed by atoms with Crippen molar-refractivity contribution in [1.29, 1.82) is 0 Å². The molecule has 1 N–H and O–H groups in total. The Morgan fingerprint density at radius 3 is 2.07 bits per heavy atom. The van der Waals surface area contributed by atoms with Gasteiger partial charge in [-0.3, -0.25) is 14.5 Å². The Hall–Kier alpha value is -3.35. The number of imide groups is 1. The monoisotopic (exact) mass is 398 g/mol. The summed E-state index contributed by atoms with van der Waals surface area (Å²) >= 11 is 0. The zero-order valence-electron chi connectivity index (χ0n) is 16.8. The van der Waals surface area contributed by atoms with Crippen LogP contribution in [0.3, 0.4) is 0 Å². The smallest absolute Gasteiger partial charge is 0.278 e. The van der Waals surface area contributed by atoms with Crippen molar-refractivity contribution < 1.29 is 23.5 Å². The number of rotatable bonds is 7. The fraction of sp³-hybridized carbons (Fsp3) is 0.273. The van der Waals surface area contributed by atoms with Gasteiger partial charge in [-0.2, -0.15) is 0 Å². The number of nitrogens with one attached hydrogen (secondary N) is 1. The number of amides is 2. The molecular weight excluding hydrogens is 375 g/mol. The number of carbonyl (C=O) groups excluding carboxylic acids is 2. The minimum absolute atomic E-state index is 0.105. The molecule has 0 atom stereocenters. The van der Waals surface area contributed by atoms with Gasteiger partial charge < -0.3 is 14.8 Å². The second-order valence-electron chi connectivity index (χ2n) is 7.10. The van der Waals surface area contributed by atoms with Gasteiger partial charge in [0.25, 0.3) is 11.8 Å². The number of carbonyl (C=O) groups is 2. The van der Waals surface area contributed by atoms with E-state index in [-0.39, 0.29) is 23.7 Å². The van der Waals surface area contributed by atoms with Crippen LogP contribution in [0.5, 0.6) is 11.5 Å². The number of hydrogen-bond acceptors (Lipinski definition) is 5. The zero-order chi connectivity index (χ0) is 21.1. The van der Waals surface area contributed by atoms with Crippen LogP contribution in [0.15, 0.2) is 48.2 Å². The molecule has 6 nitrogen and oxygen atoms in total. The molecule has 152 valence electrons. The van der Waals surface area contributed by atoms with E-state index in [0.717, 1.165) is 0 Å². The minimum Gasteiger partial charge on any atom is -0.497 e. The Morgan fingerprint density at radius 1 is 0.966 bits per heavy atom. The predicted octanol–water partition coefficient (Wildman–Crippen LogP) is 3.69. The van der Waals surface area contributed by atoms with E-state index in [0.29, 0.717) is 22.7 Å². The molecule has 1 aliphatic rings. The molecule has 3 rings (SSSR count). The molecule has 0 spiro atoms. The molecule has 0 aliphatic carbocycles. The Balaban J connectivity index is 2.08. The lowest BCUT2D eigenvalue weighted by Gasteiger charge is -2.17. The third-order valence-corrected chi connectivity index (χ3v) is 4.47. The summed E-state index contributed by atoms with van der Waals surface area (Å²) in [5.74, 6) is -0.0819. The highest BCUT2D eigenvalue weighted by molar-refractivity contribution is 6.36. The predicted molar refractivity (Wildman–Crippen MR) is 108 cm³/mol. The number of ether oxygens (including phenoxy) is 2. The second-order valence-corrected chi connectivity index (χ2v) is 7.10. The van der Waals surface area contributed by atoms with Crippen molar-refractivity contribution >= 4 is 23.1 Å². The van der Waals surface area contributed by atoms with Crippen LogP contribution in [0.4, 0.5) is 10.1 Å². The van der Waals surface area contributed by atoms with Gasteiger partial charge in [0.2, 0.25) is 0 Å². The lowest BCUT2D eigenvalue weighted by molar-refractivity contribution is -0.137. The van der Waals surface area contributed by atoms with Crippen molar-refractivity contribution in [1.82, 2.24) is 4.90 Å². The zero-order valence-corrected chi connectivity index (χ0v) is 16.8. The maximum atomic E-state index is 13.4. The molecule has 29 heavy (non-hydrogen) atoms. The maximum absolute atomic E-state index is 13.4. The molecular formula is C22H23FN2O4. The van der Waals surface area contributed by atoms with Gasteiger partial charge in [0, 0.05) is 30.4 Å². The van der Waals surface area contributed by atoms with Crippen molar-refractivity contribution in [2.45, 2.75) is 13.8 Å². The van der Waals surface area contributed by atoms with Gasteiger partial charge in [-0.05, 0) is 23.6 Å². The van der Waals surface area contributed by atoms with Crippen LogP contribution in [0, 0.1) is 11.7 Å². The van der Waals surface area contributed by atoms with Crippen LogP contribution in [-0.4, -0.2) is 37.5 Å². The van der Waals surface area contributed by atoms with Gasteiger partial charge in [0.05, 0.1) is 19.8 Å². The lowest BCUT2D eigenvalue weighted by Crippen LogP contribution is -2.35. The Morgan fingerprint density at radius 2 is 1.55 bits per heavy atom. The van der Waals surface area contributed by atoms with Crippen molar-refractivity contribution in [2.24, 2.45) is 5.92 Å². The molecule has 2 amide bonds. The lowest BCUT2D eigenvalue weighted by atomic mass is 10.0. The van der Waals surface area contributed by atoms with E-state index in [1.54, 1.807) is 18.2 Å². The maximum Gasteiger partial charge on any atom is 0.278 e. The summed E-state index contributed by atoms with van der Waals surface area (Å²) in [4.78, 5) is 27.3. The first-order valence-corrected chi connectivity index (χ1v) is 9.20. The van der Waals surface area contributed by atoms with E-state index in [1.807, 2.05) is 13.8 Å². The van der Waals surface area contributed by atoms with Gasteiger partial charge in [-0.15, -0.1) is 0 Å². The van der Waals surface area contributed by atoms with E-state index in [2.05, 4.69) is 5.32 Å². The van der Waals surface area contributed by atoms with Crippen LogP contribution in [0.2, 0.25) is 0 Å². The standard InChI is InChI=1S/C22H23FN2O4/c1-13(2)12-25-21(26)19(14-5-7-15(23)8-6-14)20(22(25)27)24-16-9-17(28-3)11-18(10-16)29-4/h5-11,13,24H,12H2,1-4H3. The number of hydrogen-bond donors (Lipinski definition) is 1. The van der Waals surface area contributed by atoms with Crippen LogP contribution < -0.4 is 14.8 Å². The van der Waals surface area contributed by atoms with Crippen LogP contribution in [-0.2, 0) is 9.59 Å². The average molecular weight is 398 g/mol. The van der Waals surface area contributed by atoms with E-state index >= 15 is 0 Å². The van der Waals surface area contributed by atoms with Crippen LogP contribution in [0.1, 0.15) is 19.4 Å².